The van der Waals surface area contributed by atoms with E-state index in [1.807, 2.05) is 45.2 Å². The Kier molecular flexibility index (Phi) is 3.60. The molecule has 1 aromatic carbocycles. The summed E-state index contributed by atoms with van der Waals surface area (Å²) in [6.07, 6.45) is 0. The van der Waals surface area contributed by atoms with Crippen molar-refractivity contribution in [3.8, 4) is 11.4 Å². The molecule has 0 aliphatic rings. The van der Waals surface area contributed by atoms with Gasteiger partial charge in [-0.2, -0.15) is 10.2 Å². The summed E-state index contributed by atoms with van der Waals surface area (Å²) < 4.78 is 5.28. The van der Waals surface area contributed by atoms with E-state index in [-0.39, 0.29) is 0 Å². The molecular weight excluding hydrogens is 320 g/mol. The lowest BCUT2D eigenvalue weighted by Gasteiger charge is -2.19. The number of nitrogens with zero attached hydrogens (tertiary/aromatic N) is 7. The number of aromatic amines is 1. The molecule has 0 saturated heterocycles. The van der Waals surface area contributed by atoms with Crippen LogP contribution < -0.4 is 4.90 Å². The summed E-state index contributed by atoms with van der Waals surface area (Å²) in [5.41, 5.74) is 3.29. The van der Waals surface area contributed by atoms with Crippen LogP contribution in [0.5, 0.6) is 0 Å². The van der Waals surface area contributed by atoms with Crippen molar-refractivity contribution in [2.24, 2.45) is 0 Å². The zero-order chi connectivity index (χ0) is 17.4. The molecule has 0 atom stereocenters. The first kappa shape index (κ1) is 15.2. The largest absolute Gasteiger partial charge is 0.355 e. The average Bonchev–Trinajstić information content (AvgIpc) is 3.25. The minimum atomic E-state index is 0.507. The molecule has 9 nitrogen and oxygen atoms in total. The third-order valence-electron chi connectivity index (χ3n) is 3.91. The Labute approximate surface area is 143 Å². The molecule has 0 saturated carbocycles. The SMILES string of the molecule is Cc1nc(N(C)Cc2cccc(-c3nn[nH]n3)c2)c2c(C)noc2n1. The van der Waals surface area contributed by atoms with Gasteiger partial charge in [-0.15, -0.1) is 10.2 Å². The maximum absolute atomic E-state index is 5.28. The summed E-state index contributed by atoms with van der Waals surface area (Å²) in [6, 6.07) is 8.00. The molecule has 126 valence electrons. The molecule has 0 spiro atoms. The van der Waals surface area contributed by atoms with E-state index in [0.29, 0.717) is 23.9 Å². The van der Waals surface area contributed by atoms with Crippen LogP contribution in [0.2, 0.25) is 0 Å². The van der Waals surface area contributed by atoms with E-state index in [4.69, 9.17) is 4.52 Å². The zero-order valence-corrected chi connectivity index (χ0v) is 14.1. The van der Waals surface area contributed by atoms with Crippen molar-refractivity contribution in [1.29, 1.82) is 0 Å². The van der Waals surface area contributed by atoms with Gasteiger partial charge in [0.05, 0.1) is 5.69 Å². The highest BCUT2D eigenvalue weighted by Gasteiger charge is 2.17. The van der Waals surface area contributed by atoms with Crippen LogP contribution in [-0.2, 0) is 6.54 Å². The second-order valence-corrected chi connectivity index (χ2v) is 5.83. The fourth-order valence-corrected chi connectivity index (χ4v) is 2.79. The number of hydrogen-bond donors (Lipinski definition) is 1. The normalized spacial score (nSPS) is 11.2. The molecule has 3 aromatic heterocycles. The van der Waals surface area contributed by atoms with E-state index < -0.39 is 0 Å². The van der Waals surface area contributed by atoms with Gasteiger partial charge in [-0.3, -0.25) is 0 Å². The van der Waals surface area contributed by atoms with Crippen LogP contribution in [0, 0.1) is 13.8 Å². The first-order valence-corrected chi connectivity index (χ1v) is 7.76. The maximum Gasteiger partial charge on any atom is 0.263 e. The van der Waals surface area contributed by atoms with Gasteiger partial charge in [0, 0.05) is 19.2 Å². The fraction of sp³-hybridized carbons (Fsp3) is 0.250. The second-order valence-electron chi connectivity index (χ2n) is 5.83. The zero-order valence-electron chi connectivity index (χ0n) is 14.1. The van der Waals surface area contributed by atoms with E-state index in [2.05, 4.69) is 40.6 Å². The number of H-pyrrole nitrogens is 1. The number of tetrazole rings is 1. The number of aromatic nitrogens is 7. The van der Waals surface area contributed by atoms with E-state index in [1.54, 1.807) is 0 Å². The summed E-state index contributed by atoms with van der Waals surface area (Å²) in [5, 5.41) is 19.0. The Bertz CT molecular complexity index is 1020. The first-order chi connectivity index (χ1) is 12.1. The Morgan fingerprint density at radius 2 is 2.08 bits per heavy atom. The number of fused-ring (bicyclic) bond motifs is 1. The van der Waals surface area contributed by atoms with Crippen molar-refractivity contribution in [2.75, 3.05) is 11.9 Å². The molecule has 3 heterocycles. The standard InChI is InChI=1S/C16H16N8O/c1-9-13-15(17-10(2)18-16(13)25-21-9)24(3)8-11-5-4-6-12(7-11)14-19-22-23-20-14/h4-7H,8H2,1-3H3,(H,19,20,22,23). The van der Waals surface area contributed by atoms with Gasteiger partial charge in [0.1, 0.15) is 17.0 Å². The molecule has 1 N–H and O–H groups in total. The van der Waals surface area contributed by atoms with Crippen LogP contribution in [0.25, 0.3) is 22.5 Å². The van der Waals surface area contributed by atoms with Crippen molar-refractivity contribution in [3.63, 3.8) is 0 Å². The van der Waals surface area contributed by atoms with Crippen molar-refractivity contribution in [3.05, 3.63) is 41.3 Å². The van der Waals surface area contributed by atoms with Gasteiger partial charge in [0.15, 0.2) is 0 Å². The summed E-state index contributed by atoms with van der Waals surface area (Å²) >= 11 is 0. The lowest BCUT2D eigenvalue weighted by Crippen LogP contribution is -2.19. The lowest BCUT2D eigenvalue weighted by molar-refractivity contribution is 0.442. The Hall–Kier alpha value is -3.36. The highest BCUT2D eigenvalue weighted by Crippen LogP contribution is 2.27. The molecular formula is C16H16N8O. The van der Waals surface area contributed by atoms with Gasteiger partial charge in [0.2, 0.25) is 5.82 Å². The molecule has 0 aliphatic carbocycles. The molecule has 25 heavy (non-hydrogen) atoms. The first-order valence-electron chi connectivity index (χ1n) is 7.76. The van der Waals surface area contributed by atoms with Gasteiger partial charge in [0.25, 0.3) is 5.71 Å². The predicted molar refractivity (Wildman–Crippen MR) is 90.8 cm³/mol. The molecule has 0 bridgehead atoms. The number of benzene rings is 1. The molecule has 9 heteroatoms. The van der Waals surface area contributed by atoms with Crippen molar-refractivity contribution in [1.82, 2.24) is 35.7 Å². The highest BCUT2D eigenvalue weighted by molar-refractivity contribution is 5.88. The number of hydrogen-bond acceptors (Lipinski definition) is 8. The quantitative estimate of drug-likeness (QED) is 0.603. The van der Waals surface area contributed by atoms with Crippen LogP contribution in [0.15, 0.2) is 28.8 Å². The maximum atomic E-state index is 5.28. The van der Waals surface area contributed by atoms with E-state index in [1.165, 1.54) is 0 Å². The smallest absolute Gasteiger partial charge is 0.263 e. The summed E-state index contributed by atoms with van der Waals surface area (Å²) in [7, 11) is 1.98. The van der Waals surface area contributed by atoms with Crippen molar-refractivity contribution >= 4 is 16.9 Å². The predicted octanol–water partition coefficient (Wildman–Crippen LogP) is 2.05. The lowest BCUT2D eigenvalue weighted by atomic mass is 10.1. The van der Waals surface area contributed by atoms with Gasteiger partial charge in [-0.25, -0.2) is 4.98 Å². The molecule has 0 radical (unpaired) electrons. The third kappa shape index (κ3) is 2.80. The minimum absolute atomic E-state index is 0.507. The minimum Gasteiger partial charge on any atom is -0.355 e. The van der Waals surface area contributed by atoms with Crippen LogP contribution >= 0.6 is 0 Å². The van der Waals surface area contributed by atoms with Crippen LogP contribution in [0.3, 0.4) is 0 Å². The van der Waals surface area contributed by atoms with Crippen molar-refractivity contribution in [2.45, 2.75) is 20.4 Å². The van der Waals surface area contributed by atoms with Crippen LogP contribution in [0.1, 0.15) is 17.1 Å². The van der Waals surface area contributed by atoms with E-state index in [0.717, 1.165) is 28.0 Å². The molecule has 0 unspecified atom stereocenters. The average molecular weight is 336 g/mol. The van der Waals surface area contributed by atoms with E-state index in [9.17, 15) is 0 Å². The topological polar surface area (TPSA) is 110 Å². The second kappa shape index (κ2) is 5.93. The van der Waals surface area contributed by atoms with Gasteiger partial charge < -0.3 is 9.42 Å². The van der Waals surface area contributed by atoms with Crippen LogP contribution in [0.4, 0.5) is 5.82 Å². The number of aryl methyl sites for hydroxylation is 2. The number of nitrogens with one attached hydrogen (secondary N) is 1. The monoisotopic (exact) mass is 336 g/mol. The summed E-state index contributed by atoms with van der Waals surface area (Å²) in [6.45, 7) is 4.38. The highest BCUT2D eigenvalue weighted by atomic mass is 16.5. The summed E-state index contributed by atoms with van der Waals surface area (Å²) in [4.78, 5) is 10.9. The summed E-state index contributed by atoms with van der Waals surface area (Å²) in [5.74, 6) is 2.01. The number of rotatable bonds is 4. The Balaban J connectivity index is 1.68. The van der Waals surface area contributed by atoms with Gasteiger partial charge in [-0.05, 0) is 30.7 Å². The fourth-order valence-electron chi connectivity index (χ4n) is 2.79. The Morgan fingerprint density at radius 3 is 2.88 bits per heavy atom. The molecule has 4 aromatic rings. The molecule has 0 aliphatic heterocycles. The van der Waals surface area contributed by atoms with Crippen molar-refractivity contribution < 1.29 is 4.52 Å². The molecule has 4 rings (SSSR count). The Morgan fingerprint density at radius 1 is 1.20 bits per heavy atom. The van der Waals surface area contributed by atoms with Crippen LogP contribution in [-0.4, -0.2) is 42.8 Å². The third-order valence-corrected chi connectivity index (χ3v) is 3.91. The number of anilines is 1. The molecule has 0 amide bonds. The van der Waals surface area contributed by atoms with Gasteiger partial charge in [-0.1, -0.05) is 23.4 Å². The van der Waals surface area contributed by atoms with E-state index >= 15 is 0 Å². The van der Waals surface area contributed by atoms with Gasteiger partial charge >= 0.3 is 0 Å². The molecule has 0 fully saturated rings.